The molecule has 142 valence electrons. The lowest BCUT2D eigenvalue weighted by atomic mass is 10.1. The number of thiazole rings is 1. The molecule has 0 spiro atoms. The summed E-state index contributed by atoms with van der Waals surface area (Å²) in [4.78, 5) is 15.6. The molecule has 0 unspecified atom stereocenters. The monoisotopic (exact) mass is 382 g/mol. The Kier molecular flexibility index (Phi) is 5.66. The van der Waals surface area contributed by atoms with Gasteiger partial charge in [0.25, 0.3) is 0 Å². The van der Waals surface area contributed by atoms with Gasteiger partial charge in [-0.05, 0) is 24.4 Å². The molecule has 1 N–H and O–H groups in total. The third kappa shape index (κ3) is 3.98. The third-order valence-corrected chi connectivity index (χ3v) is 6.27. The molecule has 1 aromatic carbocycles. The second-order valence-electron chi connectivity index (χ2n) is 6.92. The fraction of sp³-hybridized carbons (Fsp3) is 0.429. The highest BCUT2D eigenvalue weighted by Gasteiger charge is 2.20. The number of aromatic nitrogens is 2. The molecule has 3 heterocycles. The quantitative estimate of drug-likeness (QED) is 0.708. The SMILES string of the molecule is CCN1CCN(c2nc(-c3cnc(CCCO)s3)cc3ccccc23)CC1. The molecule has 1 aliphatic rings. The predicted octanol–water partition coefficient (Wildman–Crippen LogP) is 3.43. The smallest absolute Gasteiger partial charge is 0.137 e. The Morgan fingerprint density at radius 1 is 1.15 bits per heavy atom. The zero-order valence-electron chi connectivity index (χ0n) is 15.8. The first-order chi connectivity index (χ1) is 13.3. The Labute approximate surface area is 164 Å². The summed E-state index contributed by atoms with van der Waals surface area (Å²) in [5.74, 6) is 1.09. The number of aryl methyl sites for hydroxylation is 1. The predicted molar refractivity (Wildman–Crippen MR) is 113 cm³/mol. The molecule has 0 radical (unpaired) electrons. The number of nitrogens with zero attached hydrogens (tertiary/aromatic N) is 4. The maximum Gasteiger partial charge on any atom is 0.137 e. The van der Waals surface area contributed by atoms with Crippen LogP contribution in [0.4, 0.5) is 5.82 Å². The second-order valence-corrected chi connectivity index (χ2v) is 8.03. The Bertz CT molecular complexity index is 902. The van der Waals surface area contributed by atoms with E-state index in [1.807, 2.05) is 6.20 Å². The van der Waals surface area contributed by atoms with E-state index in [1.54, 1.807) is 11.3 Å². The zero-order chi connectivity index (χ0) is 18.6. The maximum atomic E-state index is 9.04. The summed E-state index contributed by atoms with van der Waals surface area (Å²) >= 11 is 1.68. The fourth-order valence-electron chi connectivity index (χ4n) is 3.60. The molecule has 4 rings (SSSR count). The minimum Gasteiger partial charge on any atom is -0.396 e. The van der Waals surface area contributed by atoms with Crippen LogP contribution in [0, 0.1) is 0 Å². The highest BCUT2D eigenvalue weighted by Crippen LogP contribution is 2.33. The number of hydrogen-bond donors (Lipinski definition) is 1. The Balaban J connectivity index is 1.69. The van der Waals surface area contributed by atoms with Gasteiger partial charge in [0.15, 0.2) is 0 Å². The lowest BCUT2D eigenvalue weighted by Gasteiger charge is -2.35. The van der Waals surface area contributed by atoms with Crippen LogP contribution in [-0.2, 0) is 6.42 Å². The van der Waals surface area contributed by atoms with Crippen molar-refractivity contribution >= 4 is 27.9 Å². The molecule has 1 saturated heterocycles. The number of fused-ring (bicyclic) bond motifs is 1. The van der Waals surface area contributed by atoms with Gasteiger partial charge in [-0.15, -0.1) is 11.3 Å². The van der Waals surface area contributed by atoms with Crippen molar-refractivity contribution in [1.82, 2.24) is 14.9 Å². The number of benzene rings is 1. The second kappa shape index (κ2) is 8.33. The summed E-state index contributed by atoms with van der Waals surface area (Å²) in [7, 11) is 0. The van der Waals surface area contributed by atoms with Crippen LogP contribution in [0.15, 0.2) is 36.5 Å². The largest absolute Gasteiger partial charge is 0.396 e. The van der Waals surface area contributed by atoms with Crippen molar-refractivity contribution in [2.75, 3.05) is 44.2 Å². The Morgan fingerprint density at radius 3 is 2.74 bits per heavy atom. The summed E-state index contributed by atoms with van der Waals surface area (Å²) in [6, 6.07) is 10.7. The van der Waals surface area contributed by atoms with Crippen LogP contribution in [0.2, 0.25) is 0 Å². The van der Waals surface area contributed by atoms with Crippen molar-refractivity contribution in [3.63, 3.8) is 0 Å². The molecular weight excluding hydrogens is 356 g/mol. The van der Waals surface area contributed by atoms with Crippen LogP contribution in [0.25, 0.3) is 21.3 Å². The number of anilines is 1. The third-order valence-electron chi connectivity index (χ3n) is 5.19. The number of aliphatic hydroxyl groups excluding tert-OH is 1. The average Bonchev–Trinajstić information content (AvgIpc) is 3.20. The molecule has 1 aliphatic heterocycles. The van der Waals surface area contributed by atoms with Gasteiger partial charge in [-0.3, -0.25) is 0 Å². The van der Waals surface area contributed by atoms with E-state index in [4.69, 9.17) is 10.1 Å². The minimum absolute atomic E-state index is 0.205. The Hall–Kier alpha value is -2.02. The van der Waals surface area contributed by atoms with E-state index < -0.39 is 0 Å². The summed E-state index contributed by atoms with van der Waals surface area (Å²) in [6.45, 7) is 7.74. The highest BCUT2D eigenvalue weighted by molar-refractivity contribution is 7.15. The van der Waals surface area contributed by atoms with E-state index in [9.17, 15) is 0 Å². The van der Waals surface area contributed by atoms with Crippen LogP contribution >= 0.6 is 11.3 Å². The van der Waals surface area contributed by atoms with E-state index in [1.165, 1.54) is 10.8 Å². The number of aliphatic hydroxyl groups is 1. The number of pyridine rings is 1. The first-order valence-corrected chi connectivity index (χ1v) is 10.5. The van der Waals surface area contributed by atoms with Crippen LogP contribution in [-0.4, -0.2) is 59.3 Å². The molecule has 2 aromatic heterocycles. The van der Waals surface area contributed by atoms with Crippen molar-refractivity contribution in [1.29, 1.82) is 0 Å². The van der Waals surface area contributed by atoms with E-state index >= 15 is 0 Å². The van der Waals surface area contributed by atoms with Gasteiger partial charge in [0.1, 0.15) is 5.82 Å². The highest BCUT2D eigenvalue weighted by atomic mass is 32.1. The van der Waals surface area contributed by atoms with E-state index in [0.717, 1.165) is 67.0 Å². The van der Waals surface area contributed by atoms with Crippen LogP contribution in [0.1, 0.15) is 18.4 Å². The summed E-state index contributed by atoms with van der Waals surface area (Å²) in [5.41, 5.74) is 0.995. The van der Waals surface area contributed by atoms with Crippen LogP contribution in [0.5, 0.6) is 0 Å². The van der Waals surface area contributed by atoms with Crippen molar-refractivity contribution in [3.05, 3.63) is 41.5 Å². The summed E-state index contributed by atoms with van der Waals surface area (Å²) < 4.78 is 0. The number of rotatable bonds is 6. The summed E-state index contributed by atoms with van der Waals surface area (Å²) in [5, 5.41) is 12.5. The molecular formula is C21H26N4OS. The van der Waals surface area contributed by atoms with E-state index in [0.29, 0.717) is 0 Å². The average molecular weight is 383 g/mol. The molecule has 0 aliphatic carbocycles. The fourth-order valence-corrected chi connectivity index (χ4v) is 4.52. The van der Waals surface area contributed by atoms with Crippen molar-refractivity contribution < 1.29 is 5.11 Å². The van der Waals surface area contributed by atoms with Gasteiger partial charge in [0.05, 0.1) is 15.6 Å². The first kappa shape index (κ1) is 18.3. The molecule has 0 bridgehead atoms. The first-order valence-electron chi connectivity index (χ1n) is 9.71. The molecule has 0 amide bonds. The minimum atomic E-state index is 0.205. The van der Waals surface area contributed by atoms with Crippen molar-refractivity contribution in [3.8, 4) is 10.6 Å². The van der Waals surface area contributed by atoms with Gasteiger partial charge in [-0.1, -0.05) is 31.2 Å². The number of piperazine rings is 1. The lowest BCUT2D eigenvalue weighted by Crippen LogP contribution is -2.46. The van der Waals surface area contributed by atoms with Gasteiger partial charge in [-0.25, -0.2) is 9.97 Å². The normalized spacial score (nSPS) is 15.6. The number of hydrogen-bond acceptors (Lipinski definition) is 6. The van der Waals surface area contributed by atoms with Gasteiger partial charge >= 0.3 is 0 Å². The Morgan fingerprint density at radius 2 is 1.96 bits per heavy atom. The standard InChI is InChI=1S/C21H26N4OS/c1-2-24-9-11-25(12-10-24)21-17-7-4-3-6-16(17)14-18(23-21)19-15-22-20(27-19)8-5-13-26/h3-4,6-7,14-15,26H,2,5,8-13H2,1H3. The molecule has 5 nitrogen and oxygen atoms in total. The zero-order valence-corrected chi connectivity index (χ0v) is 16.6. The van der Waals surface area contributed by atoms with Crippen molar-refractivity contribution in [2.24, 2.45) is 0 Å². The number of likely N-dealkylation sites (N-methyl/N-ethyl adjacent to an activating group) is 1. The topological polar surface area (TPSA) is 52.5 Å². The van der Waals surface area contributed by atoms with Gasteiger partial charge < -0.3 is 14.9 Å². The molecule has 1 fully saturated rings. The van der Waals surface area contributed by atoms with Gasteiger partial charge in [0, 0.05) is 50.8 Å². The molecule has 6 heteroatoms. The molecule has 0 saturated carbocycles. The van der Waals surface area contributed by atoms with Gasteiger partial charge in [-0.2, -0.15) is 0 Å². The van der Waals surface area contributed by atoms with Crippen LogP contribution < -0.4 is 4.90 Å². The lowest BCUT2D eigenvalue weighted by molar-refractivity contribution is 0.271. The molecule has 3 aromatic rings. The maximum absolute atomic E-state index is 9.04. The van der Waals surface area contributed by atoms with Crippen LogP contribution in [0.3, 0.4) is 0 Å². The van der Waals surface area contributed by atoms with Crippen molar-refractivity contribution in [2.45, 2.75) is 19.8 Å². The van der Waals surface area contributed by atoms with Gasteiger partial charge in [0.2, 0.25) is 0 Å². The van der Waals surface area contributed by atoms with E-state index in [2.05, 4.69) is 52.0 Å². The molecule has 27 heavy (non-hydrogen) atoms. The van der Waals surface area contributed by atoms with E-state index in [-0.39, 0.29) is 6.61 Å². The summed E-state index contributed by atoms with van der Waals surface area (Å²) in [6.07, 6.45) is 3.50. The molecule has 0 atom stereocenters.